The highest BCUT2D eigenvalue weighted by molar-refractivity contribution is 8.28. The van der Waals surface area contributed by atoms with Crippen molar-refractivity contribution in [1.29, 1.82) is 0 Å². The van der Waals surface area contributed by atoms with Crippen LogP contribution in [-0.4, -0.2) is 116 Å². The number of halogens is 1. The van der Waals surface area contributed by atoms with Gasteiger partial charge in [-0.1, -0.05) is 53.5 Å². The highest BCUT2D eigenvalue weighted by Gasteiger charge is 2.64. The van der Waals surface area contributed by atoms with Crippen molar-refractivity contribution in [3.8, 4) is 5.75 Å². The first-order valence-corrected chi connectivity index (χ1v) is 20.1. The zero-order valence-electron chi connectivity index (χ0n) is 31.1. The lowest BCUT2D eigenvalue weighted by atomic mass is 9.83. The van der Waals surface area contributed by atoms with Crippen molar-refractivity contribution in [2.24, 2.45) is 5.92 Å². The molecule has 0 aliphatic carbocycles. The largest absolute Gasteiger partial charge is 0.495 e. The summed E-state index contributed by atoms with van der Waals surface area (Å²) in [5.41, 5.74) is -0.927. The number of allylic oxidation sites excluding steroid dienone is 3. The lowest BCUT2D eigenvalue weighted by Crippen LogP contribution is -2.63. The zero-order chi connectivity index (χ0) is 38.7. The molecule has 0 saturated carbocycles. The Hall–Kier alpha value is -3.08. The summed E-state index contributed by atoms with van der Waals surface area (Å²) in [6.07, 6.45) is 3.05. The van der Waals surface area contributed by atoms with Gasteiger partial charge in [-0.05, 0) is 50.6 Å². The van der Waals surface area contributed by atoms with Crippen LogP contribution < -0.4 is 15.0 Å². The van der Waals surface area contributed by atoms with E-state index in [1.807, 2.05) is 19.3 Å². The van der Waals surface area contributed by atoms with E-state index in [-0.39, 0.29) is 30.2 Å². The van der Waals surface area contributed by atoms with Gasteiger partial charge in [0.25, 0.3) is 0 Å². The van der Waals surface area contributed by atoms with Crippen molar-refractivity contribution in [1.82, 2.24) is 10.2 Å². The van der Waals surface area contributed by atoms with Gasteiger partial charge < -0.3 is 38.6 Å². The number of aliphatic hydroxyl groups is 1. The molecule has 3 heterocycles. The van der Waals surface area contributed by atoms with E-state index in [9.17, 15) is 24.3 Å². The molecule has 4 bridgehead atoms. The van der Waals surface area contributed by atoms with E-state index in [0.29, 0.717) is 23.6 Å². The number of epoxide rings is 1. The summed E-state index contributed by atoms with van der Waals surface area (Å²) in [7, 11) is 5.59. The summed E-state index contributed by atoms with van der Waals surface area (Å²) in [6.45, 7) is 6.80. The number of hydrogen-bond donors (Lipinski definition) is 2. The minimum absolute atomic E-state index is 0.0524. The molecule has 0 radical (unpaired) electrons. The van der Waals surface area contributed by atoms with Crippen molar-refractivity contribution < 1.29 is 48.0 Å². The topological polar surface area (TPSA) is 156 Å². The molecule has 3 amide bonds. The number of hydrogen-bond acceptors (Lipinski definition) is 11. The quantitative estimate of drug-likeness (QED) is 0.294. The van der Waals surface area contributed by atoms with Crippen LogP contribution in [0.25, 0.3) is 0 Å². The maximum Gasteiger partial charge on any atom is 0.409 e. The first-order chi connectivity index (χ1) is 24.3. The number of carbonyl (C=O) groups is 4. The molecule has 13 nitrogen and oxygen atoms in total. The Morgan fingerprint density at radius 2 is 1.98 bits per heavy atom. The lowest BCUT2D eigenvalue weighted by Gasteiger charge is -2.42. The van der Waals surface area contributed by atoms with Crippen LogP contribution in [0.3, 0.4) is 0 Å². The van der Waals surface area contributed by atoms with Crippen molar-refractivity contribution in [3.05, 3.63) is 46.5 Å². The van der Waals surface area contributed by atoms with Gasteiger partial charge in [0.1, 0.15) is 40.7 Å². The molecular weight excluding hydrogens is 734 g/mol. The average molecular weight is 784 g/mol. The van der Waals surface area contributed by atoms with E-state index < -0.39 is 75.1 Å². The van der Waals surface area contributed by atoms with Crippen molar-refractivity contribution in [2.45, 2.75) is 95.2 Å². The second kappa shape index (κ2) is 16.9. The number of benzene rings is 1. The number of amides is 3. The second-order valence-corrected chi connectivity index (χ2v) is 17.6. The van der Waals surface area contributed by atoms with Gasteiger partial charge in [0.05, 0.1) is 25.3 Å². The van der Waals surface area contributed by atoms with Gasteiger partial charge in [0.2, 0.25) is 11.8 Å². The summed E-state index contributed by atoms with van der Waals surface area (Å²) < 4.78 is 29.3. The molecule has 2 saturated heterocycles. The molecule has 4 rings (SSSR count). The standard InChI is InChI=1S/C36H50ClN3O10S2/c1-20-11-10-12-28(47-8)36(45)19-27(48-34(44)38-36)21(2)32-35(4,50-32)29(49-33(43)24(13-14-52(9)51)39(5)22(3)41)18-30(42)40(6)25-16-23(15-20)17-26(46-7)31(25)37/h10-12,16-17,21,24,27-29,32,45H,13-15,18-19H2,1-9H3,(H,38,44)/b12-10+,20-11+/t21-,24+,27+,28-,29+,32?,35+,36+,52?/m1/s1. The van der Waals surface area contributed by atoms with Gasteiger partial charge in [-0.3, -0.25) is 14.9 Å². The first kappa shape index (κ1) is 41.7. The fourth-order valence-electron chi connectivity index (χ4n) is 6.79. The zero-order valence-corrected chi connectivity index (χ0v) is 33.5. The van der Waals surface area contributed by atoms with Crippen LogP contribution in [0.1, 0.15) is 52.5 Å². The van der Waals surface area contributed by atoms with Gasteiger partial charge in [0, 0.05) is 46.2 Å². The molecule has 3 aliphatic heterocycles. The molecule has 2 N–H and O–H groups in total. The third-order valence-corrected chi connectivity index (χ3v) is 11.8. The molecule has 288 valence electrons. The number of nitrogens with zero attached hydrogens (tertiary/aromatic N) is 2. The molecule has 1 aromatic carbocycles. The maximum absolute atomic E-state index is 14.2. The van der Waals surface area contributed by atoms with Crippen LogP contribution in [0.2, 0.25) is 5.02 Å². The number of rotatable bonds is 8. The Balaban J connectivity index is 1.81. The molecule has 0 spiro atoms. The smallest absolute Gasteiger partial charge is 0.409 e. The number of anilines is 1. The highest BCUT2D eigenvalue weighted by atomic mass is 35.5. The molecule has 2 fully saturated rings. The van der Waals surface area contributed by atoms with Crippen molar-refractivity contribution >= 4 is 61.8 Å². The first-order valence-electron chi connectivity index (χ1n) is 17.0. The summed E-state index contributed by atoms with van der Waals surface area (Å²) in [5.74, 6) is -1.14. The Morgan fingerprint density at radius 1 is 1.29 bits per heavy atom. The monoisotopic (exact) mass is 783 g/mol. The van der Waals surface area contributed by atoms with E-state index in [4.69, 9.17) is 46.5 Å². The van der Waals surface area contributed by atoms with E-state index in [1.165, 1.54) is 38.0 Å². The Labute approximate surface area is 317 Å². The number of esters is 1. The van der Waals surface area contributed by atoms with Crippen molar-refractivity contribution in [2.75, 3.05) is 45.2 Å². The van der Waals surface area contributed by atoms with Crippen LogP contribution >= 0.6 is 11.6 Å². The highest BCUT2D eigenvalue weighted by Crippen LogP contribution is 2.49. The van der Waals surface area contributed by atoms with Gasteiger partial charge in [0.15, 0.2) is 5.72 Å². The number of fused-ring (bicyclic) bond motifs is 5. The molecule has 3 aliphatic rings. The average Bonchev–Trinajstić information content (AvgIpc) is 3.77. The second-order valence-electron chi connectivity index (χ2n) is 13.9. The molecule has 1 aromatic rings. The Kier molecular flexibility index (Phi) is 13.6. The molecule has 0 aromatic heterocycles. The predicted molar refractivity (Wildman–Crippen MR) is 201 cm³/mol. The van der Waals surface area contributed by atoms with Gasteiger partial charge in [-0.25, -0.2) is 9.59 Å². The normalized spacial score (nSPS) is 32.2. The van der Waals surface area contributed by atoms with Gasteiger partial charge >= 0.3 is 12.1 Å². The number of carbonyl (C=O) groups excluding carboxylic acids is 4. The number of nitrogens with one attached hydrogen (secondary N) is 1. The SMILES string of the molecule is COc1cc2cc(c1Cl)N(C)C(=O)C[C@H](OC(=O)[C@H](CCS(C)=S)N(C)C(C)=O)[C@]1(C)OC1[C@H](C)[C@@H]1C[C@@](O)(NC(=O)O1)[C@H](OC)/C=C/C=C(\C)C2. The van der Waals surface area contributed by atoms with Gasteiger partial charge in [-0.2, -0.15) is 0 Å². The van der Waals surface area contributed by atoms with Gasteiger partial charge in [-0.15, -0.1) is 9.45 Å². The summed E-state index contributed by atoms with van der Waals surface area (Å²) in [4.78, 5) is 56.1. The fourth-order valence-corrected chi connectivity index (χ4v) is 7.95. The number of alkyl carbamates (subject to hydrolysis) is 1. The van der Waals surface area contributed by atoms with E-state index in [1.54, 1.807) is 45.2 Å². The Morgan fingerprint density at radius 3 is 2.60 bits per heavy atom. The van der Waals surface area contributed by atoms with Crippen LogP contribution in [0.4, 0.5) is 10.5 Å². The fraction of sp³-hybridized carbons (Fsp3) is 0.611. The third-order valence-electron chi connectivity index (χ3n) is 10.1. The lowest BCUT2D eigenvalue weighted by molar-refractivity contribution is -0.162. The number of likely N-dealkylation sites (N-methyl/N-ethyl adjacent to an activating group) is 1. The molecule has 2 unspecified atom stereocenters. The summed E-state index contributed by atoms with van der Waals surface area (Å²) in [6, 6.07) is 2.63. The number of methoxy groups -OCH3 is 2. The molecular formula is C36H50ClN3O10S2. The summed E-state index contributed by atoms with van der Waals surface area (Å²) >= 11 is 12.1. The van der Waals surface area contributed by atoms with Crippen LogP contribution in [0, 0.1) is 5.92 Å². The Bertz CT molecular complexity index is 1640. The van der Waals surface area contributed by atoms with Crippen molar-refractivity contribution in [3.63, 3.8) is 0 Å². The van der Waals surface area contributed by atoms with E-state index >= 15 is 0 Å². The molecule has 52 heavy (non-hydrogen) atoms. The van der Waals surface area contributed by atoms with E-state index in [0.717, 1.165) is 11.1 Å². The molecule has 16 heteroatoms. The predicted octanol–water partition coefficient (Wildman–Crippen LogP) is 3.61. The minimum Gasteiger partial charge on any atom is -0.495 e. The maximum atomic E-state index is 14.2. The number of ether oxygens (including phenoxy) is 5. The minimum atomic E-state index is -1.83. The third kappa shape index (κ3) is 9.34. The van der Waals surface area contributed by atoms with Crippen LogP contribution in [0.15, 0.2) is 35.9 Å². The summed E-state index contributed by atoms with van der Waals surface area (Å²) in [5, 5.41) is 14.5. The van der Waals surface area contributed by atoms with Crippen LogP contribution in [-0.2, 0) is 60.4 Å². The van der Waals surface area contributed by atoms with E-state index in [2.05, 4.69) is 5.32 Å². The van der Waals surface area contributed by atoms with Crippen LogP contribution in [0.5, 0.6) is 5.75 Å². The molecule has 9 atom stereocenters.